The fraction of sp³-hybridized carbons (Fsp3) is 0.346. The molecule has 6 nitrogen and oxygen atoms in total. The van der Waals surface area contributed by atoms with Crippen molar-refractivity contribution in [3.05, 3.63) is 72.3 Å². The van der Waals surface area contributed by atoms with Crippen LogP contribution in [0.1, 0.15) is 18.9 Å². The van der Waals surface area contributed by atoms with Crippen molar-refractivity contribution < 1.29 is 14.4 Å². The van der Waals surface area contributed by atoms with Gasteiger partial charge in [0, 0.05) is 23.8 Å². The van der Waals surface area contributed by atoms with Gasteiger partial charge in [-0.05, 0) is 43.6 Å². The molecule has 3 aliphatic rings. The molecule has 3 heterocycles. The van der Waals surface area contributed by atoms with Gasteiger partial charge in [0.1, 0.15) is 5.54 Å². The maximum Gasteiger partial charge on any atom is 0.253 e. The molecule has 0 bridgehead atoms. The number of nitrogens with zero attached hydrogens (tertiary/aromatic N) is 2. The molecular weight excluding hydrogens is 434 g/mol. The highest BCUT2D eigenvalue weighted by molar-refractivity contribution is 7.98. The normalized spacial score (nSPS) is 28.1. The lowest BCUT2D eigenvalue weighted by Gasteiger charge is -2.30. The zero-order valence-corrected chi connectivity index (χ0v) is 19.6. The quantitative estimate of drug-likeness (QED) is 0.528. The number of hydrogen-bond acceptors (Lipinski definition) is 5. The van der Waals surface area contributed by atoms with E-state index in [4.69, 9.17) is 0 Å². The highest BCUT2D eigenvalue weighted by Crippen LogP contribution is 2.55. The monoisotopic (exact) mass is 461 g/mol. The topological polar surface area (TPSA) is 69.7 Å². The SMILES string of the molecule is C=C(C)CN1C(=O)[C@]2(N[C@H](CCSC)[C@@H]3C(=O)N(c4ccccc4)C(=O)[C@H]32)c2ccccc21. The largest absolute Gasteiger partial charge is 0.306 e. The Morgan fingerprint density at radius 2 is 1.76 bits per heavy atom. The summed E-state index contributed by atoms with van der Waals surface area (Å²) in [4.78, 5) is 44.8. The van der Waals surface area contributed by atoms with E-state index in [1.165, 1.54) is 4.90 Å². The number of carbonyl (C=O) groups excluding carboxylic acids is 3. The van der Waals surface area contributed by atoms with E-state index in [0.717, 1.165) is 22.6 Å². The molecule has 0 saturated carbocycles. The summed E-state index contributed by atoms with van der Waals surface area (Å²) in [6.07, 6.45) is 2.71. The molecule has 170 valence electrons. The highest BCUT2D eigenvalue weighted by Gasteiger charge is 2.71. The number of hydrogen-bond donors (Lipinski definition) is 1. The van der Waals surface area contributed by atoms with Gasteiger partial charge in [-0.25, -0.2) is 4.90 Å². The molecule has 4 atom stereocenters. The molecule has 3 aliphatic heterocycles. The second kappa shape index (κ2) is 8.15. The first-order valence-corrected chi connectivity index (χ1v) is 12.6. The first-order valence-electron chi connectivity index (χ1n) is 11.2. The molecule has 2 aromatic rings. The number of amides is 3. The van der Waals surface area contributed by atoms with Crippen molar-refractivity contribution in [2.75, 3.05) is 28.4 Å². The van der Waals surface area contributed by atoms with Crippen LogP contribution in [-0.4, -0.2) is 42.3 Å². The third kappa shape index (κ3) is 3.09. The van der Waals surface area contributed by atoms with Gasteiger partial charge in [0.25, 0.3) is 5.91 Å². The lowest BCUT2D eigenvalue weighted by molar-refractivity contribution is -0.132. The number of carbonyl (C=O) groups is 3. The number of rotatable bonds is 6. The van der Waals surface area contributed by atoms with Crippen LogP contribution in [0.4, 0.5) is 11.4 Å². The van der Waals surface area contributed by atoms with Crippen molar-refractivity contribution in [2.45, 2.75) is 24.9 Å². The molecule has 0 radical (unpaired) electrons. The van der Waals surface area contributed by atoms with E-state index < -0.39 is 17.4 Å². The summed E-state index contributed by atoms with van der Waals surface area (Å²) >= 11 is 1.69. The Labute approximate surface area is 198 Å². The number of fused-ring (bicyclic) bond motifs is 4. The van der Waals surface area contributed by atoms with Gasteiger partial charge >= 0.3 is 0 Å². The van der Waals surface area contributed by atoms with Gasteiger partial charge in [-0.3, -0.25) is 19.7 Å². The maximum absolute atomic E-state index is 14.1. The average Bonchev–Trinajstić information content (AvgIpc) is 3.37. The number of anilines is 2. The summed E-state index contributed by atoms with van der Waals surface area (Å²) in [6, 6.07) is 16.4. The van der Waals surface area contributed by atoms with E-state index in [-0.39, 0.29) is 23.8 Å². The van der Waals surface area contributed by atoms with E-state index in [0.29, 0.717) is 18.7 Å². The Balaban J connectivity index is 1.67. The van der Waals surface area contributed by atoms with E-state index in [2.05, 4.69) is 11.9 Å². The van der Waals surface area contributed by atoms with Gasteiger partial charge in [-0.2, -0.15) is 11.8 Å². The van der Waals surface area contributed by atoms with E-state index >= 15 is 0 Å². The summed E-state index contributed by atoms with van der Waals surface area (Å²) in [5.41, 5.74) is 1.70. The molecule has 3 amide bonds. The minimum Gasteiger partial charge on any atom is -0.306 e. The number of benzene rings is 2. The fourth-order valence-corrected chi connectivity index (χ4v) is 6.19. The van der Waals surface area contributed by atoms with Crippen LogP contribution in [0.15, 0.2) is 66.7 Å². The van der Waals surface area contributed by atoms with Crippen molar-refractivity contribution >= 4 is 40.9 Å². The van der Waals surface area contributed by atoms with E-state index in [9.17, 15) is 14.4 Å². The lowest BCUT2D eigenvalue weighted by Crippen LogP contribution is -2.55. The molecule has 0 unspecified atom stereocenters. The Kier molecular flexibility index (Phi) is 5.41. The van der Waals surface area contributed by atoms with Gasteiger partial charge in [-0.15, -0.1) is 0 Å². The third-order valence-corrected chi connectivity index (χ3v) is 7.59. The number of thioether (sulfide) groups is 1. The van der Waals surface area contributed by atoms with Crippen LogP contribution in [-0.2, 0) is 19.9 Å². The van der Waals surface area contributed by atoms with Gasteiger partial charge < -0.3 is 4.90 Å². The molecule has 7 heteroatoms. The molecule has 2 fully saturated rings. The molecule has 5 rings (SSSR count). The van der Waals surface area contributed by atoms with Crippen LogP contribution in [0.2, 0.25) is 0 Å². The number of nitrogens with one attached hydrogen (secondary N) is 1. The van der Waals surface area contributed by atoms with E-state index in [1.807, 2.05) is 55.6 Å². The van der Waals surface area contributed by atoms with Crippen molar-refractivity contribution in [1.29, 1.82) is 0 Å². The van der Waals surface area contributed by atoms with E-state index in [1.54, 1.807) is 28.8 Å². The molecule has 2 saturated heterocycles. The molecular formula is C26H27N3O3S. The summed E-state index contributed by atoms with van der Waals surface area (Å²) in [6.45, 7) is 6.25. The Bertz CT molecular complexity index is 1150. The maximum atomic E-state index is 14.1. The average molecular weight is 462 g/mol. The Morgan fingerprint density at radius 1 is 1.06 bits per heavy atom. The molecule has 1 spiro atoms. The summed E-state index contributed by atoms with van der Waals surface area (Å²) in [5.74, 6) is -1.27. The van der Waals surface area contributed by atoms with Crippen LogP contribution in [0, 0.1) is 11.8 Å². The fourth-order valence-electron chi connectivity index (χ4n) is 5.70. The Hall–Kier alpha value is -2.90. The minimum absolute atomic E-state index is 0.176. The zero-order valence-electron chi connectivity index (χ0n) is 18.8. The van der Waals surface area contributed by atoms with Crippen LogP contribution in [0.5, 0.6) is 0 Å². The smallest absolute Gasteiger partial charge is 0.253 e. The molecule has 33 heavy (non-hydrogen) atoms. The third-order valence-electron chi connectivity index (χ3n) is 6.94. The second-order valence-electron chi connectivity index (χ2n) is 9.06. The van der Waals surface area contributed by atoms with Crippen molar-refractivity contribution in [3.63, 3.8) is 0 Å². The van der Waals surface area contributed by atoms with Crippen molar-refractivity contribution in [2.24, 2.45) is 11.8 Å². The predicted octanol–water partition coefficient (Wildman–Crippen LogP) is 3.34. The lowest BCUT2D eigenvalue weighted by atomic mass is 9.76. The van der Waals surface area contributed by atoms with Crippen LogP contribution >= 0.6 is 11.8 Å². The predicted molar refractivity (Wildman–Crippen MR) is 131 cm³/mol. The van der Waals surface area contributed by atoms with Gasteiger partial charge in [0.15, 0.2) is 0 Å². The van der Waals surface area contributed by atoms with Gasteiger partial charge in [0.2, 0.25) is 11.8 Å². The standard InChI is InChI=1S/C26H27N3O3S/c1-16(2)15-28-20-12-8-7-11-18(20)26(25(28)32)22-21(19(27-26)13-14-33-3)23(30)29(24(22)31)17-9-5-4-6-10-17/h4-12,19,21-22,27H,1,13-15H2,2-3H3/t19-,21+,22+,26+/m1/s1. The molecule has 0 aromatic heterocycles. The minimum atomic E-state index is -1.25. The molecule has 1 N–H and O–H groups in total. The van der Waals surface area contributed by atoms with Crippen molar-refractivity contribution in [1.82, 2.24) is 5.32 Å². The summed E-state index contributed by atoms with van der Waals surface area (Å²) in [7, 11) is 0. The van der Waals surface area contributed by atoms with Gasteiger partial charge in [0.05, 0.1) is 17.5 Å². The first-order chi connectivity index (χ1) is 15.9. The first kappa shape index (κ1) is 21.9. The Morgan fingerprint density at radius 3 is 2.45 bits per heavy atom. The van der Waals surface area contributed by atoms with Crippen LogP contribution in [0.25, 0.3) is 0 Å². The van der Waals surface area contributed by atoms with Crippen LogP contribution < -0.4 is 15.1 Å². The molecule has 2 aromatic carbocycles. The number of imide groups is 1. The number of para-hydroxylation sites is 2. The summed E-state index contributed by atoms with van der Waals surface area (Å²) < 4.78 is 0. The zero-order chi connectivity index (χ0) is 23.3. The molecule has 0 aliphatic carbocycles. The second-order valence-corrected chi connectivity index (χ2v) is 10.0. The van der Waals surface area contributed by atoms with Gasteiger partial charge in [-0.1, -0.05) is 48.6 Å². The highest BCUT2D eigenvalue weighted by atomic mass is 32.2. The van der Waals surface area contributed by atoms with Crippen LogP contribution in [0.3, 0.4) is 0 Å². The van der Waals surface area contributed by atoms with Crippen molar-refractivity contribution in [3.8, 4) is 0 Å². The summed E-state index contributed by atoms with van der Waals surface area (Å²) in [5, 5.41) is 3.54.